The zero-order valence-corrected chi connectivity index (χ0v) is 8.10. The van der Waals surface area contributed by atoms with Crippen LogP contribution < -0.4 is 0 Å². The van der Waals surface area contributed by atoms with Gasteiger partial charge in [0.15, 0.2) is 0 Å². The van der Waals surface area contributed by atoms with Crippen LogP contribution >= 0.6 is 0 Å². The number of halogens is 1. The van der Waals surface area contributed by atoms with E-state index in [2.05, 4.69) is 4.98 Å². The number of nitro groups is 1. The largest absolute Gasteiger partial charge is 0.345 e. The molecule has 1 amide bonds. The van der Waals surface area contributed by atoms with E-state index < -0.39 is 22.5 Å². The fourth-order valence-corrected chi connectivity index (χ4v) is 0.940. The molecule has 1 heterocycles. The molecule has 80 valence electrons. The van der Waals surface area contributed by atoms with Crippen LogP contribution in [0.25, 0.3) is 0 Å². The first kappa shape index (κ1) is 11.0. The smallest absolute Gasteiger partial charge is 0.324 e. The fraction of sp³-hybridized carbons (Fsp3) is 0.250. The fourth-order valence-electron chi connectivity index (χ4n) is 0.940. The van der Waals surface area contributed by atoms with Gasteiger partial charge >= 0.3 is 5.69 Å². The molecule has 0 spiro atoms. The van der Waals surface area contributed by atoms with Gasteiger partial charge in [-0.1, -0.05) is 0 Å². The molecule has 0 unspecified atom stereocenters. The van der Waals surface area contributed by atoms with E-state index in [1.165, 1.54) is 19.0 Å². The maximum absolute atomic E-state index is 12.8. The van der Waals surface area contributed by atoms with Crippen LogP contribution in [0.4, 0.5) is 10.1 Å². The van der Waals surface area contributed by atoms with Crippen molar-refractivity contribution in [3.05, 3.63) is 33.9 Å². The number of carbonyl (C=O) groups is 1. The number of hydrogen-bond donors (Lipinski definition) is 0. The second-order valence-electron chi connectivity index (χ2n) is 2.99. The second kappa shape index (κ2) is 3.99. The van der Waals surface area contributed by atoms with Gasteiger partial charge < -0.3 is 4.90 Å². The third-order valence-electron chi connectivity index (χ3n) is 1.67. The van der Waals surface area contributed by atoms with Gasteiger partial charge in [0.05, 0.1) is 10.5 Å². The van der Waals surface area contributed by atoms with E-state index in [0.717, 1.165) is 12.3 Å². The van der Waals surface area contributed by atoms with Crippen LogP contribution in [-0.4, -0.2) is 34.8 Å². The van der Waals surface area contributed by atoms with Crippen molar-refractivity contribution in [3.63, 3.8) is 0 Å². The lowest BCUT2D eigenvalue weighted by atomic mass is 10.2. The van der Waals surface area contributed by atoms with E-state index in [9.17, 15) is 19.3 Å². The van der Waals surface area contributed by atoms with Crippen molar-refractivity contribution >= 4 is 11.6 Å². The number of aromatic nitrogens is 1. The van der Waals surface area contributed by atoms with Gasteiger partial charge in [-0.15, -0.1) is 0 Å². The Hall–Kier alpha value is -2.05. The molecule has 0 fully saturated rings. The Balaban J connectivity index is 3.19. The van der Waals surface area contributed by atoms with Gasteiger partial charge in [-0.05, 0) is 0 Å². The molecule has 0 saturated carbocycles. The standard InChI is InChI=1S/C8H8FN3O3/c1-11(2)8(13)5-3-6(12(14)15)7(9)10-4-5/h3-4H,1-2H3. The van der Waals surface area contributed by atoms with Gasteiger partial charge in [-0.25, -0.2) is 4.98 Å². The number of hydrogen-bond acceptors (Lipinski definition) is 4. The maximum atomic E-state index is 12.8. The van der Waals surface area contributed by atoms with E-state index >= 15 is 0 Å². The number of amides is 1. The van der Waals surface area contributed by atoms with E-state index in [1.54, 1.807) is 0 Å². The van der Waals surface area contributed by atoms with Gasteiger partial charge in [0.2, 0.25) is 0 Å². The molecule has 0 aromatic carbocycles. The van der Waals surface area contributed by atoms with Crippen molar-refractivity contribution in [1.82, 2.24) is 9.88 Å². The summed E-state index contributed by atoms with van der Waals surface area (Å²) in [6.07, 6.45) is 0.963. The van der Waals surface area contributed by atoms with Gasteiger partial charge in [0.1, 0.15) is 0 Å². The van der Waals surface area contributed by atoms with Crippen molar-refractivity contribution < 1.29 is 14.1 Å². The third-order valence-corrected chi connectivity index (χ3v) is 1.67. The van der Waals surface area contributed by atoms with E-state index in [4.69, 9.17) is 0 Å². The molecule has 0 bridgehead atoms. The van der Waals surface area contributed by atoms with Gasteiger partial charge in [-0.3, -0.25) is 14.9 Å². The average molecular weight is 213 g/mol. The topological polar surface area (TPSA) is 76.3 Å². The Morgan fingerprint density at radius 2 is 2.20 bits per heavy atom. The molecular weight excluding hydrogens is 205 g/mol. The highest BCUT2D eigenvalue weighted by Gasteiger charge is 2.19. The molecule has 1 aromatic rings. The summed E-state index contributed by atoms with van der Waals surface area (Å²) in [7, 11) is 2.97. The SMILES string of the molecule is CN(C)C(=O)c1cnc(F)c([N+](=O)[O-])c1. The summed E-state index contributed by atoms with van der Waals surface area (Å²) in [6.45, 7) is 0. The summed E-state index contributed by atoms with van der Waals surface area (Å²) in [5, 5.41) is 10.4. The van der Waals surface area contributed by atoms with Crippen LogP contribution in [0.2, 0.25) is 0 Å². The zero-order chi connectivity index (χ0) is 11.6. The van der Waals surface area contributed by atoms with Crippen LogP contribution in [0.3, 0.4) is 0 Å². The third kappa shape index (κ3) is 2.25. The molecule has 1 rings (SSSR count). The van der Waals surface area contributed by atoms with Crippen molar-refractivity contribution in [3.8, 4) is 0 Å². The molecule has 0 atom stereocenters. The summed E-state index contributed by atoms with van der Waals surface area (Å²) in [5.41, 5.74) is -0.823. The van der Waals surface area contributed by atoms with Crippen LogP contribution in [-0.2, 0) is 0 Å². The zero-order valence-electron chi connectivity index (χ0n) is 8.10. The first-order chi connectivity index (χ1) is 6.93. The summed E-state index contributed by atoms with van der Waals surface area (Å²) < 4.78 is 12.8. The Bertz CT molecular complexity index is 420. The van der Waals surface area contributed by atoms with Gasteiger partial charge in [0.25, 0.3) is 11.9 Å². The molecule has 15 heavy (non-hydrogen) atoms. The molecule has 0 aliphatic rings. The lowest BCUT2D eigenvalue weighted by molar-refractivity contribution is -0.388. The molecule has 0 N–H and O–H groups in total. The molecule has 7 heteroatoms. The number of carbonyl (C=O) groups excluding carboxylic acids is 1. The Morgan fingerprint density at radius 3 is 2.67 bits per heavy atom. The number of nitrogens with zero attached hydrogens (tertiary/aromatic N) is 3. The predicted octanol–water partition coefficient (Wildman–Crippen LogP) is 0.831. The quantitative estimate of drug-likeness (QED) is 0.414. The summed E-state index contributed by atoms with van der Waals surface area (Å²) in [5.74, 6) is -1.67. The minimum atomic E-state index is -1.20. The van der Waals surface area contributed by atoms with Gasteiger partial charge in [-0.2, -0.15) is 4.39 Å². The van der Waals surface area contributed by atoms with E-state index in [-0.39, 0.29) is 5.56 Å². The number of pyridine rings is 1. The first-order valence-corrected chi connectivity index (χ1v) is 3.95. The first-order valence-electron chi connectivity index (χ1n) is 3.95. The van der Waals surface area contributed by atoms with Crippen LogP contribution in [0.15, 0.2) is 12.3 Å². The summed E-state index contributed by atoms with van der Waals surface area (Å²) in [6, 6.07) is 0.866. The van der Waals surface area contributed by atoms with Crippen LogP contribution in [0.5, 0.6) is 0 Å². The monoisotopic (exact) mass is 213 g/mol. The molecule has 0 aliphatic carbocycles. The van der Waals surface area contributed by atoms with Crippen molar-refractivity contribution in [2.75, 3.05) is 14.1 Å². The normalized spacial score (nSPS) is 9.80. The summed E-state index contributed by atoms with van der Waals surface area (Å²) >= 11 is 0. The van der Waals surface area contributed by atoms with Crippen molar-refractivity contribution in [2.24, 2.45) is 0 Å². The van der Waals surface area contributed by atoms with E-state index in [1.807, 2.05) is 0 Å². The Morgan fingerprint density at radius 1 is 1.60 bits per heavy atom. The Labute approximate surface area is 84.5 Å². The molecular formula is C8H8FN3O3. The van der Waals surface area contributed by atoms with E-state index in [0.29, 0.717) is 0 Å². The molecule has 1 aromatic heterocycles. The molecule has 6 nitrogen and oxygen atoms in total. The van der Waals surface area contributed by atoms with Crippen molar-refractivity contribution in [1.29, 1.82) is 0 Å². The summed E-state index contributed by atoms with van der Waals surface area (Å²) in [4.78, 5) is 25.2. The lowest BCUT2D eigenvalue weighted by Crippen LogP contribution is -2.22. The van der Waals surface area contributed by atoms with Crippen LogP contribution in [0.1, 0.15) is 10.4 Å². The molecule has 0 saturated heterocycles. The highest BCUT2D eigenvalue weighted by molar-refractivity contribution is 5.94. The Kier molecular flexibility index (Phi) is 2.93. The number of rotatable bonds is 2. The highest BCUT2D eigenvalue weighted by Crippen LogP contribution is 2.16. The van der Waals surface area contributed by atoms with Crippen molar-refractivity contribution in [2.45, 2.75) is 0 Å². The molecule has 0 radical (unpaired) electrons. The predicted molar refractivity (Wildman–Crippen MR) is 48.9 cm³/mol. The minimum absolute atomic E-state index is 0.0203. The average Bonchev–Trinajstić information content (AvgIpc) is 2.16. The minimum Gasteiger partial charge on any atom is -0.345 e. The highest BCUT2D eigenvalue weighted by atomic mass is 19.1. The lowest BCUT2D eigenvalue weighted by Gasteiger charge is -2.09. The van der Waals surface area contributed by atoms with Gasteiger partial charge in [0, 0.05) is 26.4 Å². The molecule has 0 aliphatic heterocycles. The second-order valence-corrected chi connectivity index (χ2v) is 2.99. The maximum Gasteiger partial charge on any atom is 0.324 e. The van der Waals surface area contributed by atoms with Crippen LogP contribution in [0, 0.1) is 16.1 Å².